The van der Waals surface area contributed by atoms with Gasteiger partial charge in [0, 0.05) is 11.6 Å². The SMILES string of the molecule is CCN(C)C(C)CC(C)(N)CO. The number of hydrogen-bond donors (Lipinski definition) is 2. The molecule has 12 heavy (non-hydrogen) atoms. The summed E-state index contributed by atoms with van der Waals surface area (Å²) in [7, 11) is 2.07. The molecule has 3 nitrogen and oxygen atoms in total. The van der Waals surface area contributed by atoms with Crippen LogP contribution in [0.5, 0.6) is 0 Å². The lowest BCUT2D eigenvalue weighted by molar-refractivity contribution is 0.156. The highest BCUT2D eigenvalue weighted by molar-refractivity contribution is 4.82. The van der Waals surface area contributed by atoms with Gasteiger partial charge < -0.3 is 15.7 Å². The molecule has 0 fully saturated rings. The molecular formula is C9H22N2O. The van der Waals surface area contributed by atoms with Gasteiger partial charge in [-0.2, -0.15) is 0 Å². The van der Waals surface area contributed by atoms with Crippen LogP contribution in [0.2, 0.25) is 0 Å². The van der Waals surface area contributed by atoms with Crippen LogP contribution < -0.4 is 5.73 Å². The molecule has 74 valence electrons. The number of rotatable bonds is 5. The molecule has 0 radical (unpaired) electrons. The molecule has 0 aromatic rings. The minimum atomic E-state index is -0.442. The van der Waals surface area contributed by atoms with Crippen molar-refractivity contribution in [3.05, 3.63) is 0 Å². The van der Waals surface area contributed by atoms with Gasteiger partial charge in [0.05, 0.1) is 6.61 Å². The van der Waals surface area contributed by atoms with E-state index in [1.807, 2.05) is 6.92 Å². The largest absolute Gasteiger partial charge is 0.394 e. The van der Waals surface area contributed by atoms with Crippen molar-refractivity contribution in [1.82, 2.24) is 4.90 Å². The summed E-state index contributed by atoms with van der Waals surface area (Å²) in [4.78, 5) is 2.22. The maximum Gasteiger partial charge on any atom is 0.0609 e. The molecule has 0 aromatic carbocycles. The van der Waals surface area contributed by atoms with E-state index in [0.717, 1.165) is 13.0 Å². The molecule has 0 aliphatic rings. The quantitative estimate of drug-likeness (QED) is 0.635. The summed E-state index contributed by atoms with van der Waals surface area (Å²) < 4.78 is 0. The summed E-state index contributed by atoms with van der Waals surface area (Å²) in [6, 6.07) is 0.428. The molecular weight excluding hydrogens is 152 g/mol. The van der Waals surface area contributed by atoms with Gasteiger partial charge in [-0.05, 0) is 33.9 Å². The molecule has 2 unspecified atom stereocenters. The third-order valence-corrected chi connectivity index (χ3v) is 2.37. The van der Waals surface area contributed by atoms with Crippen molar-refractivity contribution in [2.24, 2.45) is 5.73 Å². The van der Waals surface area contributed by atoms with Gasteiger partial charge in [-0.15, -0.1) is 0 Å². The fourth-order valence-electron chi connectivity index (χ4n) is 1.21. The van der Waals surface area contributed by atoms with Gasteiger partial charge in [-0.25, -0.2) is 0 Å². The van der Waals surface area contributed by atoms with E-state index in [0.29, 0.717) is 6.04 Å². The van der Waals surface area contributed by atoms with Crippen molar-refractivity contribution < 1.29 is 5.11 Å². The van der Waals surface area contributed by atoms with Gasteiger partial charge in [0.15, 0.2) is 0 Å². The van der Waals surface area contributed by atoms with E-state index >= 15 is 0 Å². The first-order chi connectivity index (χ1) is 5.43. The molecule has 0 heterocycles. The van der Waals surface area contributed by atoms with Crippen molar-refractivity contribution in [3.8, 4) is 0 Å². The van der Waals surface area contributed by atoms with Crippen LogP contribution in [0.4, 0.5) is 0 Å². The van der Waals surface area contributed by atoms with E-state index < -0.39 is 5.54 Å². The summed E-state index contributed by atoms with van der Waals surface area (Å²) in [6.07, 6.45) is 0.827. The van der Waals surface area contributed by atoms with Gasteiger partial charge in [0.25, 0.3) is 0 Å². The third kappa shape index (κ3) is 4.04. The van der Waals surface area contributed by atoms with Gasteiger partial charge >= 0.3 is 0 Å². The predicted molar refractivity (Wildman–Crippen MR) is 52.1 cm³/mol. The Morgan fingerprint density at radius 3 is 2.42 bits per heavy atom. The normalized spacial score (nSPS) is 19.2. The lowest BCUT2D eigenvalue weighted by Crippen LogP contribution is -2.46. The van der Waals surface area contributed by atoms with Crippen LogP contribution >= 0.6 is 0 Å². The average Bonchev–Trinajstić information content (AvgIpc) is 2.02. The monoisotopic (exact) mass is 174 g/mol. The topological polar surface area (TPSA) is 49.5 Å². The highest BCUT2D eigenvalue weighted by Crippen LogP contribution is 2.11. The molecule has 0 spiro atoms. The van der Waals surface area contributed by atoms with E-state index in [-0.39, 0.29) is 6.61 Å². The van der Waals surface area contributed by atoms with Crippen molar-refractivity contribution in [2.75, 3.05) is 20.2 Å². The molecule has 0 aliphatic heterocycles. The van der Waals surface area contributed by atoms with Crippen molar-refractivity contribution in [1.29, 1.82) is 0 Å². The zero-order valence-corrected chi connectivity index (χ0v) is 8.67. The average molecular weight is 174 g/mol. The first-order valence-corrected chi connectivity index (χ1v) is 4.53. The number of nitrogens with two attached hydrogens (primary N) is 1. The van der Waals surface area contributed by atoms with Crippen LogP contribution in [0.3, 0.4) is 0 Å². The molecule has 0 aromatic heterocycles. The second-order valence-electron chi connectivity index (χ2n) is 3.94. The maximum absolute atomic E-state index is 8.95. The fraction of sp³-hybridized carbons (Fsp3) is 1.00. The lowest BCUT2D eigenvalue weighted by atomic mass is 9.95. The zero-order chi connectivity index (χ0) is 9.78. The highest BCUT2D eigenvalue weighted by Gasteiger charge is 2.21. The number of aliphatic hydroxyl groups is 1. The molecule has 3 N–H and O–H groups in total. The van der Waals surface area contributed by atoms with E-state index in [1.54, 1.807) is 0 Å². The van der Waals surface area contributed by atoms with Gasteiger partial charge in [-0.3, -0.25) is 0 Å². The van der Waals surface area contributed by atoms with Crippen molar-refractivity contribution in [3.63, 3.8) is 0 Å². The Bertz CT molecular complexity index is 126. The Kier molecular flexibility index (Phi) is 4.75. The summed E-state index contributed by atoms with van der Waals surface area (Å²) in [5, 5.41) is 8.95. The number of aliphatic hydroxyl groups excluding tert-OH is 1. The first-order valence-electron chi connectivity index (χ1n) is 4.53. The molecule has 0 aliphatic carbocycles. The number of nitrogens with zero attached hydrogens (tertiary/aromatic N) is 1. The van der Waals surface area contributed by atoms with E-state index in [2.05, 4.69) is 25.8 Å². The van der Waals surface area contributed by atoms with Crippen molar-refractivity contribution in [2.45, 2.75) is 38.8 Å². The summed E-state index contributed by atoms with van der Waals surface area (Å²) in [6.45, 7) is 7.19. The third-order valence-electron chi connectivity index (χ3n) is 2.37. The zero-order valence-electron chi connectivity index (χ0n) is 8.67. The lowest BCUT2D eigenvalue weighted by Gasteiger charge is -2.30. The Morgan fingerprint density at radius 2 is 2.08 bits per heavy atom. The van der Waals surface area contributed by atoms with E-state index in [4.69, 9.17) is 10.8 Å². The van der Waals surface area contributed by atoms with Crippen LogP contribution in [0.25, 0.3) is 0 Å². The van der Waals surface area contributed by atoms with Gasteiger partial charge in [0.2, 0.25) is 0 Å². The van der Waals surface area contributed by atoms with Gasteiger partial charge in [-0.1, -0.05) is 6.92 Å². The number of hydrogen-bond acceptors (Lipinski definition) is 3. The second-order valence-corrected chi connectivity index (χ2v) is 3.94. The Balaban J connectivity index is 3.90. The second kappa shape index (κ2) is 4.80. The molecule has 0 saturated heterocycles. The van der Waals surface area contributed by atoms with Crippen LogP contribution in [-0.4, -0.2) is 41.8 Å². The fourth-order valence-corrected chi connectivity index (χ4v) is 1.21. The van der Waals surface area contributed by atoms with Crippen LogP contribution in [0.1, 0.15) is 27.2 Å². The van der Waals surface area contributed by atoms with E-state index in [9.17, 15) is 0 Å². The summed E-state index contributed by atoms with van der Waals surface area (Å²) >= 11 is 0. The molecule has 0 rings (SSSR count). The molecule has 0 bridgehead atoms. The predicted octanol–water partition coefficient (Wildman–Crippen LogP) is 0.426. The summed E-state index contributed by atoms with van der Waals surface area (Å²) in [5.74, 6) is 0. The minimum absolute atomic E-state index is 0.0505. The molecule has 0 amide bonds. The standard InChI is InChI=1S/C9H22N2O/c1-5-11(4)8(2)6-9(3,10)7-12/h8,12H,5-7,10H2,1-4H3. The molecule has 3 heteroatoms. The minimum Gasteiger partial charge on any atom is -0.394 e. The molecule has 2 atom stereocenters. The van der Waals surface area contributed by atoms with Gasteiger partial charge in [0.1, 0.15) is 0 Å². The first kappa shape index (κ1) is 11.9. The van der Waals surface area contributed by atoms with Crippen LogP contribution in [0, 0.1) is 0 Å². The maximum atomic E-state index is 8.95. The smallest absolute Gasteiger partial charge is 0.0609 e. The van der Waals surface area contributed by atoms with E-state index in [1.165, 1.54) is 0 Å². The van der Waals surface area contributed by atoms with Crippen LogP contribution in [0.15, 0.2) is 0 Å². The summed E-state index contributed by atoms with van der Waals surface area (Å²) in [5.41, 5.74) is 5.39. The van der Waals surface area contributed by atoms with Crippen LogP contribution in [-0.2, 0) is 0 Å². The Labute approximate surface area is 75.6 Å². The molecule has 0 saturated carbocycles. The highest BCUT2D eigenvalue weighted by atomic mass is 16.3. The Morgan fingerprint density at radius 1 is 1.58 bits per heavy atom. The van der Waals surface area contributed by atoms with Crippen molar-refractivity contribution >= 4 is 0 Å². The Hall–Kier alpha value is -0.120.